The molecule has 0 radical (unpaired) electrons. The zero-order valence-corrected chi connectivity index (χ0v) is 36.5. The fourth-order valence-corrected chi connectivity index (χ4v) is 6.11. The van der Waals surface area contributed by atoms with Crippen LogP contribution < -0.4 is 54.0 Å². The molecule has 1 aliphatic rings. The quantitative estimate of drug-likeness (QED) is 0.0287. The summed E-state index contributed by atoms with van der Waals surface area (Å²) >= 11 is 0. The van der Waals surface area contributed by atoms with Crippen LogP contribution in [0.3, 0.4) is 0 Å². The van der Waals surface area contributed by atoms with Gasteiger partial charge in [0.1, 0.15) is 42.3 Å². The van der Waals surface area contributed by atoms with Crippen LogP contribution in [0.15, 0.2) is 0 Å². The first kappa shape index (κ1) is 58.5. The van der Waals surface area contributed by atoms with Gasteiger partial charge in [-0.1, -0.05) is 0 Å². The zero-order chi connectivity index (χ0) is 51.8. The van der Waals surface area contributed by atoms with Crippen LogP contribution in [-0.2, 0) is 67.1 Å². The molecule has 18 N–H and O–H groups in total. The predicted molar refractivity (Wildman–Crippen MR) is 223 cm³/mol. The van der Waals surface area contributed by atoms with Crippen LogP contribution in [0.2, 0.25) is 0 Å². The van der Waals surface area contributed by atoms with Crippen molar-refractivity contribution in [3.05, 3.63) is 0 Å². The number of nitrogens with one attached hydrogen (secondary N) is 8. The van der Waals surface area contributed by atoms with E-state index in [4.69, 9.17) is 11.5 Å². The molecular formula is C37H57N11O20. The number of amides is 9. The summed E-state index contributed by atoms with van der Waals surface area (Å²) < 4.78 is 0. The van der Waals surface area contributed by atoms with E-state index in [1.165, 1.54) is 6.92 Å². The lowest BCUT2D eigenvalue weighted by atomic mass is 10.1. The summed E-state index contributed by atoms with van der Waals surface area (Å²) in [5, 5.41) is 73.0. The number of aliphatic hydroxyl groups is 1. The number of nitrogens with zero attached hydrogens (tertiary/aromatic N) is 1. The zero-order valence-electron chi connectivity index (χ0n) is 36.5. The molecule has 380 valence electrons. The minimum atomic E-state index is -2.26. The second-order valence-corrected chi connectivity index (χ2v) is 15.1. The number of likely N-dealkylation sites (tertiary alicyclic amines) is 1. The van der Waals surface area contributed by atoms with Gasteiger partial charge < -0.3 is 89.5 Å². The van der Waals surface area contributed by atoms with E-state index in [0.717, 1.165) is 4.90 Å². The number of unbranched alkanes of at least 4 members (excludes halogenated alkanes) is 1. The van der Waals surface area contributed by atoms with Crippen LogP contribution >= 0.6 is 0 Å². The highest BCUT2D eigenvalue weighted by atomic mass is 16.4. The fourth-order valence-electron chi connectivity index (χ4n) is 6.11. The van der Waals surface area contributed by atoms with Gasteiger partial charge in [-0.15, -0.1) is 0 Å². The van der Waals surface area contributed by atoms with E-state index in [2.05, 4.69) is 16.0 Å². The lowest BCUT2D eigenvalue weighted by Gasteiger charge is -2.26. The average Bonchev–Trinajstić information content (AvgIpc) is 3.75. The number of hydrogen-bond donors (Lipinski definition) is 16. The summed E-state index contributed by atoms with van der Waals surface area (Å²) in [5.74, 6) is -19.2. The molecule has 8 atom stereocenters. The Morgan fingerprint density at radius 2 is 0.941 bits per heavy atom. The molecule has 0 aromatic rings. The number of aliphatic carboxylic acids is 5. The normalized spacial score (nSPS) is 16.1. The number of carboxylic acid groups (broad SMARTS) is 5. The Morgan fingerprint density at radius 1 is 0.544 bits per heavy atom. The molecule has 0 unspecified atom stereocenters. The summed E-state index contributed by atoms with van der Waals surface area (Å²) in [4.78, 5) is 176. The van der Waals surface area contributed by atoms with Gasteiger partial charge in [-0.2, -0.15) is 0 Å². The number of carbonyl (C=O) groups excluding carboxylic acids is 9. The molecule has 1 saturated heterocycles. The summed E-state index contributed by atoms with van der Waals surface area (Å²) in [6.45, 7) is -0.952. The van der Waals surface area contributed by atoms with E-state index < -0.39 is 177 Å². The third-order valence-electron chi connectivity index (χ3n) is 9.57. The van der Waals surface area contributed by atoms with Crippen LogP contribution in [0, 0.1) is 0 Å². The van der Waals surface area contributed by atoms with E-state index in [0.29, 0.717) is 12.8 Å². The SMILES string of the molecule is C[C@H](N)C(=O)N[C@@H](CO)C(=O)N[C@@H](CC(=O)O)C(=O)N[C@@H](CC(=O)O)C(=O)N[C@@H](CC(=O)O)C(=O)N[C@@H](CC(=O)O)C(=O)N[C@@H](CCCCN)C(=O)NCC(=O)NCC(=O)N1CCC[C@H]1C(=O)O. The van der Waals surface area contributed by atoms with Crippen molar-refractivity contribution >= 4 is 83.0 Å². The second kappa shape index (κ2) is 29.2. The Hall–Kier alpha value is -7.54. The molecular weight excluding hydrogens is 918 g/mol. The van der Waals surface area contributed by atoms with E-state index in [-0.39, 0.29) is 32.4 Å². The number of rotatable bonds is 31. The summed E-state index contributed by atoms with van der Waals surface area (Å²) in [5.41, 5.74) is 10.9. The van der Waals surface area contributed by atoms with Crippen LogP contribution in [0.1, 0.15) is 64.7 Å². The van der Waals surface area contributed by atoms with E-state index in [1.807, 2.05) is 26.6 Å². The first-order chi connectivity index (χ1) is 31.8. The maximum Gasteiger partial charge on any atom is 0.326 e. The molecule has 0 aromatic heterocycles. The van der Waals surface area contributed by atoms with Crippen molar-refractivity contribution in [2.45, 2.75) is 113 Å². The van der Waals surface area contributed by atoms with Crippen molar-refractivity contribution in [2.24, 2.45) is 11.5 Å². The van der Waals surface area contributed by atoms with E-state index in [1.54, 1.807) is 0 Å². The number of hydrogen-bond acceptors (Lipinski definition) is 17. The van der Waals surface area contributed by atoms with Crippen molar-refractivity contribution in [1.29, 1.82) is 0 Å². The monoisotopic (exact) mass is 975 g/mol. The van der Waals surface area contributed by atoms with Gasteiger partial charge in [-0.3, -0.25) is 62.3 Å². The van der Waals surface area contributed by atoms with Crippen molar-refractivity contribution in [1.82, 2.24) is 47.4 Å². The van der Waals surface area contributed by atoms with Crippen LogP contribution in [0.4, 0.5) is 0 Å². The second-order valence-electron chi connectivity index (χ2n) is 15.1. The van der Waals surface area contributed by atoms with Crippen molar-refractivity contribution < 1.29 is 97.8 Å². The maximum atomic E-state index is 13.5. The number of nitrogens with two attached hydrogens (primary N) is 2. The smallest absolute Gasteiger partial charge is 0.326 e. The molecule has 1 aliphatic heterocycles. The number of carboxylic acids is 5. The van der Waals surface area contributed by atoms with Gasteiger partial charge >= 0.3 is 29.8 Å². The molecule has 1 heterocycles. The molecule has 0 spiro atoms. The van der Waals surface area contributed by atoms with Crippen molar-refractivity contribution in [3.8, 4) is 0 Å². The topological polar surface area (TPSA) is 512 Å². The third-order valence-corrected chi connectivity index (χ3v) is 9.57. The summed E-state index contributed by atoms with van der Waals surface area (Å²) in [6.07, 6.45) is -4.14. The Balaban J connectivity index is 3.25. The van der Waals surface area contributed by atoms with Crippen LogP contribution in [0.5, 0.6) is 0 Å². The van der Waals surface area contributed by atoms with Gasteiger partial charge in [-0.25, -0.2) is 4.79 Å². The number of carbonyl (C=O) groups is 14. The van der Waals surface area contributed by atoms with Gasteiger partial charge in [0, 0.05) is 6.54 Å². The first-order valence-electron chi connectivity index (χ1n) is 20.6. The molecule has 9 amide bonds. The van der Waals surface area contributed by atoms with Crippen molar-refractivity contribution in [2.75, 3.05) is 32.8 Å². The standard InChI is InChI=1S/C37H57N11O20/c1-16(39)30(60)47-22(15-49)36(66)46-21(12-29(58)59)35(65)45-20(11-28(56)57)34(64)44-19(10-27(54)55)33(63)43-18(9-26(52)53)32(62)42-17(5-2-3-7-38)31(61)41-13-24(50)40-14-25(51)48-8-4-6-23(48)37(67)68/h16-23,49H,2-15,38-39H2,1H3,(H,40,50)(H,41,61)(H,42,62)(H,43,63)(H,44,64)(H,45,65)(H,46,66)(H,47,60)(H,52,53)(H,54,55)(H,56,57)(H,58,59)(H,67,68)/t16-,17-,18-,19-,20-,21-,22-,23-/m0/s1. The highest BCUT2D eigenvalue weighted by Gasteiger charge is 2.37. The molecule has 1 fully saturated rings. The highest BCUT2D eigenvalue weighted by molar-refractivity contribution is 6.00. The molecule has 31 nitrogen and oxygen atoms in total. The van der Waals surface area contributed by atoms with E-state index in [9.17, 15) is 97.8 Å². The Labute approximate surface area is 385 Å². The summed E-state index contributed by atoms with van der Waals surface area (Å²) in [7, 11) is 0. The first-order valence-corrected chi connectivity index (χ1v) is 20.6. The Morgan fingerprint density at radius 3 is 1.31 bits per heavy atom. The molecule has 0 aromatic carbocycles. The predicted octanol–water partition coefficient (Wildman–Crippen LogP) is -8.43. The van der Waals surface area contributed by atoms with Gasteiger partial charge in [0.05, 0.1) is 51.4 Å². The largest absolute Gasteiger partial charge is 0.481 e. The number of aliphatic hydroxyl groups excluding tert-OH is 1. The third kappa shape index (κ3) is 21.2. The maximum absolute atomic E-state index is 13.5. The van der Waals surface area contributed by atoms with E-state index >= 15 is 0 Å². The highest BCUT2D eigenvalue weighted by Crippen LogP contribution is 2.17. The van der Waals surface area contributed by atoms with Gasteiger partial charge in [0.15, 0.2) is 0 Å². The fraction of sp³-hybridized carbons (Fsp3) is 0.622. The van der Waals surface area contributed by atoms with Gasteiger partial charge in [0.2, 0.25) is 53.2 Å². The summed E-state index contributed by atoms with van der Waals surface area (Å²) in [6, 6.07) is -14.3. The molecule has 1 rings (SSSR count). The molecule has 0 aliphatic carbocycles. The lowest BCUT2D eigenvalue weighted by molar-refractivity contribution is -0.148. The van der Waals surface area contributed by atoms with Crippen LogP contribution in [-0.4, -0.2) is 200 Å². The average molecular weight is 976 g/mol. The molecule has 68 heavy (non-hydrogen) atoms. The molecule has 0 bridgehead atoms. The van der Waals surface area contributed by atoms with Gasteiger partial charge in [0.25, 0.3) is 0 Å². The lowest BCUT2D eigenvalue weighted by Crippen LogP contribution is -2.61. The minimum Gasteiger partial charge on any atom is -0.481 e. The molecule has 31 heteroatoms. The van der Waals surface area contributed by atoms with Gasteiger partial charge in [-0.05, 0) is 45.6 Å². The minimum absolute atomic E-state index is 0.129. The molecule has 0 saturated carbocycles. The Bertz CT molecular complexity index is 1920. The van der Waals surface area contributed by atoms with Crippen molar-refractivity contribution in [3.63, 3.8) is 0 Å². The van der Waals surface area contributed by atoms with Crippen LogP contribution in [0.25, 0.3) is 0 Å². The Kier molecular flexibility index (Phi) is 25.1.